The fraction of sp³-hybridized carbons (Fsp3) is 0.0588. The standard InChI is InChI=1S/C51H41N3/c1-51(2)47-33-16-15-32-46(47)50-48(51)34-19-35-49(50)54(41-26-13-6-14-27-41)45-31-18-30-44(37-45)53(40-24-11-5-12-25-40)43-29-17-28-42(36-43)52(38-20-7-3-8-21-38)39-22-9-4-10-23-39/h3-37H,1-2H3. The summed E-state index contributed by atoms with van der Waals surface area (Å²) >= 11 is 0. The maximum absolute atomic E-state index is 2.42. The van der Waals surface area contributed by atoms with Crippen LogP contribution >= 0.6 is 0 Å². The predicted molar refractivity (Wildman–Crippen MR) is 228 cm³/mol. The summed E-state index contributed by atoms with van der Waals surface area (Å²) in [4.78, 5) is 7.10. The largest absolute Gasteiger partial charge is 0.310 e. The van der Waals surface area contributed by atoms with Crippen LogP contribution < -0.4 is 14.7 Å². The lowest BCUT2D eigenvalue weighted by Crippen LogP contribution is -2.16. The fourth-order valence-corrected chi connectivity index (χ4v) is 8.09. The molecule has 0 N–H and O–H groups in total. The summed E-state index contributed by atoms with van der Waals surface area (Å²) < 4.78 is 0. The Balaban J connectivity index is 1.21. The van der Waals surface area contributed by atoms with E-state index < -0.39 is 0 Å². The van der Waals surface area contributed by atoms with Crippen LogP contribution in [0.2, 0.25) is 0 Å². The molecule has 0 spiro atoms. The van der Waals surface area contributed by atoms with Crippen molar-refractivity contribution in [2.75, 3.05) is 14.7 Å². The van der Waals surface area contributed by atoms with Crippen molar-refractivity contribution in [2.24, 2.45) is 0 Å². The van der Waals surface area contributed by atoms with Gasteiger partial charge < -0.3 is 14.7 Å². The zero-order chi connectivity index (χ0) is 36.5. The summed E-state index contributed by atoms with van der Waals surface area (Å²) in [6.45, 7) is 4.69. The van der Waals surface area contributed by atoms with E-state index in [-0.39, 0.29) is 5.41 Å². The Bertz CT molecular complexity index is 2490. The quantitative estimate of drug-likeness (QED) is 0.149. The van der Waals surface area contributed by atoms with Gasteiger partial charge in [-0.1, -0.05) is 135 Å². The number of benzene rings is 8. The highest BCUT2D eigenvalue weighted by Gasteiger charge is 2.37. The van der Waals surface area contributed by atoms with Crippen molar-refractivity contribution >= 4 is 51.2 Å². The number of hydrogen-bond acceptors (Lipinski definition) is 3. The molecule has 0 radical (unpaired) electrons. The summed E-state index contributed by atoms with van der Waals surface area (Å²) in [5.41, 5.74) is 15.1. The lowest BCUT2D eigenvalue weighted by atomic mass is 9.82. The molecule has 0 saturated heterocycles. The summed E-state index contributed by atoms with van der Waals surface area (Å²) in [6, 6.07) is 76.1. The Morgan fingerprint density at radius 1 is 0.296 bits per heavy atom. The van der Waals surface area contributed by atoms with E-state index in [9.17, 15) is 0 Å². The minimum absolute atomic E-state index is 0.103. The van der Waals surface area contributed by atoms with Gasteiger partial charge in [-0.25, -0.2) is 0 Å². The molecule has 8 aromatic carbocycles. The van der Waals surface area contributed by atoms with Gasteiger partial charge in [-0.3, -0.25) is 0 Å². The van der Waals surface area contributed by atoms with Gasteiger partial charge in [0.1, 0.15) is 0 Å². The van der Waals surface area contributed by atoms with Crippen molar-refractivity contribution in [1.29, 1.82) is 0 Å². The van der Waals surface area contributed by atoms with Crippen LogP contribution in [0.3, 0.4) is 0 Å². The molecule has 0 fully saturated rings. The maximum atomic E-state index is 2.42. The monoisotopic (exact) mass is 695 g/mol. The first-order valence-electron chi connectivity index (χ1n) is 18.6. The Kier molecular flexibility index (Phi) is 8.53. The molecule has 0 unspecified atom stereocenters. The van der Waals surface area contributed by atoms with Crippen molar-refractivity contribution in [3.63, 3.8) is 0 Å². The van der Waals surface area contributed by atoms with Crippen LogP contribution in [0, 0.1) is 0 Å². The molecule has 3 heteroatoms. The molecule has 260 valence electrons. The van der Waals surface area contributed by atoms with E-state index in [0.717, 1.165) is 45.5 Å². The van der Waals surface area contributed by atoms with E-state index >= 15 is 0 Å². The SMILES string of the molecule is CC1(C)c2ccccc2-c2c(N(c3ccccc3)c3cccc(N(c4ccccc4)c4cccc(N(c5ccccc5)c5ccccc5)c4)c3)cccc21. The topological polar surface area (TPSA) is 9.72 Å². The molecule has 1 aliphatic rings. The van der Waals surface area contributed by atoms with E-state index in [0.29, 0.717) is 0 Å². The highest BCUT2D eigenvalue weighted by atomic mass is 15.2. The second kappa shape index (κ2) is 13.9. The number of hydrogen-bond donors (Lipinski definition) is 0. The van der Waals surface area contributed by atoms with Gasteiger partial charge in [0.15, 0.2) is 0 Å². The van der Waals surface area contributed by atoms with Gasteiger partial charge in [0, 0.05) is 56.5 Å². The number of nitrogens with zero attached hydrogens (tertiary/aromatic N) is 3. The van der Waals surface area contributed by atoms with Gasteiger partial charge in [0.25, 0.3) is 0 Å². The summed E-state index contributed by atoms with van der Waals surface area (Å²) in [6.07, 6.45) is 0. The lowest BCUT2D eigenvalue weighted by Gasteiger charge is -2.31. The number of fused-ring (bicyclic) bond motifs is 3. The molecule has 54 heavy (non-hydrogen) atoms. The van der Waals surface area contributed by atoms with E-state index in [1.165, 1.54) is 27.9 Å². The molecule has 0 heterocycles. The van der Waals surface area contributed by atoms with Crippen LogP contribution in [0.15, 0.2) is 212 Å². The summed E-state index contributed by atoms with van der Waals surface area (Å²) in [7, 11) is 0. The first-order chi connectivity index (χ1) is 26.6. The van der Waals surface area contributed by atoms with Crippen LogP contribution in [0.25, 0.3) is 11.1 Å². The van der Waals surface area contributed by atoms with Crippen LogP contribution in [0.5, 0.6) is 0 Å². The molecule has 0 amide bonds. The van der Waals surface area contributed by atoms with Crippen molar-refractivity contribution in [2.45, 2.75) is 19.3 Å². The minimum atomic E-state index is -0.103. The zero-order valence-corrected chi connectivity index (χ0v) is 30.5. The predicted octanol–water partition coefficient (Wildman–Crippen LogP) is 14.4. The molecule has 0 aliphatic heterocycles. The fourth-order valence-electron chi connectivity index (χ4n) is 8.09. The molecule has 1 aliphatic carbocycles. The molecule has 3 nitrogen and oxygen atoms in total. The first kappa shape index (κ1) is 33.0. The Labute approximate surface area is 318 Å². The second-order valence-electron chi connectivity index (χ2n) is 14.3. The van der Waals surface area contributed by atoms with E-state index in [1.54, 1.807) is 0 Å². The van der Waals surface area contributed by atoms with Gasteiger partial charge in [-0.05, 0) is 108 Å². The highest BCUT2D eigenvalue weighted by Crippen LogP contribution is 2.54. The number of anilines is 9. The van der Waals surface area contributed by atoms with Gasteiger partial charge in [-0.2, -0.15) is 0 Å². The number of para-hydroxylation sites is 4. The number of rotatable bonds is 9. The van der Waals surface area contributed by atoms with Gasteiger partial charge >= 0.3 is 0 Å². The maximum Gasteiger partial charge on any atom is 0.0543 e. The molecule has 0 saturated carbocycles. The van der Waals surface area contributed by atoms with Crippen molar-refractivity contribution in [3.8, 4) is 11.1 Å². The van der Waals surface area contributed by atoms with Crippen LogP contribution in [-0.4, -0.2) is 0 Å². The molecule has 0 aromatic heterocycles. The lowest BCUT2D eigenvalue weighted by molar-refractivity contribution is 0.660. The van der Waals surface area contributed by atoms with Crippen molar-refractivity contribution in [3.05, 3.63) is 223 Å². The second-order valence-corrected chi connectivity index (χ2v) is 14.3. The summed E-state index contributed by atoms with van der Waals surface area (Å²) in [5, 5.41) is 0. The molecule has 0 atom stereocenters. The van der Waals surface area contributed by atoms with Gasteiger partial charge in [-0.15, -0.1) is 0 Å². The highest BCUT2D eigenvalue weighted by molar-refractivity contribution is 5.95. The van der Waals surface area contributed by atoms with E-state index in [1.807, 2.05) is 0 Å². The minimum Gasteiger partial charge on any atom is -0.310 e. The van der Waals surface area contributed by atoms with E-state index in [4.69, 9.17) is 0 Å². The third-order valence-electron chi connectivity index (χ3n) is 10.6. The van der Waals surface area contributed by atoms with Crippen molar-refractivity contribution in [1.82, 2.24) is 0 Å². The van der Waals surface area contributed by atoms with Gasteiger partial charge in [0.2, 0.25) is 0 Å². The van der Waals surface area contributed by atoms with Crippen molar-refractivity contribution < 1.29 is 0 Å². The zero-order valence-electron chi connectivity index (χ0n) is 30.5. The van der Waals surface area contributed by atoms with Gasteiger partial charge in [0.05, 0.1) is 5.69 Å². The average Bonchev–Trinajstić information content (AvgIpc) is 3.47. The molecular weight excluding hydrogens is 655 g/mol. The Hall–Kier alpha value is -6.84. The average molecular weight is 696 g/mol. The Morgan fingerprint density at radius 3 is 1.11 bits per heavy atom. The normalized spacial score (nSPS) is 12.4. The third kappa shape index (κ3) is 5.90. The summed E-state index contributed by atoms with van der Waals surface area (Å²) in [5.74, 6) is 0. The van der Waals surface area contributed by atoms with Crippen LogP contribution in [0.1, 0.15) is 25.0 Å². The Morgan fingerprint density at radius 2 is 0.630 bits per heavy atom. The van der Waals surface area contributed by atoms with E-state index in [2.05, 4.69) is 241 Å². The molecule has 8 aromatic rings. The van der Waals surface area contributed by atoms with Crippen LogP contribution in [0.4, 0.5) is 51.2 Å². The molecule has 9 rings (SSSR count). The smallest absolute Gasteiger partial charge is 0.0543 e. The first-order valence-corrected chi connectivity index (χ1v) is 18.6. The molecular formula is C51H41N3. The third-order valence-corrected chi connectivity index (χ3v) is 10.6. The van der Waals surface area contributed by atoms with Crippen LogP contribution in [-0.2, 0) is 5.41 Å². The molecule has 0 bridgehead atoms.